The number of halogens is 2. The van der Waals surface area contributed by atoms with E-state index in [0.717, 1.165) is 9.13 Å². The van der Waals surface area contributed by atoms with Gasteiger partial charge in [-0.2, -0.15) is 0 Å². The normalized spacial score (nSPS) is 11.4. The van der Waals surface area contributed by atoms with Gasteiger partial charge in [0.05, 0.1) is 3.57 Å². The first kappa shape index (κ1) is 15.6. The number of nitrogens with one attached hydrogen (secondary N) is 1. The highest BCUT2D eigenvalue weighted by Crippen LogP contribution is 2.31. The van der Waals surface area contributed by atoms with Crippen LogP contribution in [0.3, 0.4) is 0 Å². The average Bonchev–Trinajstić information content (AvgIpc) is 2.28. The second-order valence-electron chi connectivity index (χ2n) is 5.13. The average molecular weight is 382 g/mol. The van der Waals surface area contributed by atoms with Crippen LogP contribution in [0.4, 0.5) is 0 Å². The molecule has 0 aliphatic rings. The van der Waals surface area contributed by atoms with Crippen LogP contribution in [0.25, 0.3) is 0 Å². The van der Waals surface area contributed by atoms with E-state index in [1.54, 1.807) is 0 Å². The highest BCUT2D eigenvalue weighted by Gasteiger charge is 2.18. The minimum atomic E-state index is -0.243. The fourth-order valence-electron chi connectivity index (χ4n) is 1.46. The molecule has 0 atom stereocenters. The first-order chi connectivity index (χ1) is 8.25. The Morgan fingerprint density at radius 1 is 1.44 bits per heavy atom. The number of amides is 1. The third-order valence-corrected chi connectivity index (χ3v) is 3.67. The summed E-state index contributed by atoms with van der Waals surface area (Å²) >= 11 is 7.51. The molecule has 1 amide bonds. The Labute approximate surface area is 126 Å². The largest absolute Gasteiger partial charge is 0.506 e. The summed E-state index contributed by atoms with van der Waals surface area (Å²) in [6, 6.07) is 3.88. The number of phenolic OH excluding ortho intramolecular Hbond substituents is 1. The van der Waals surface area contributed by atoms with Gasteiger partial charge in [0.25, 0.3) is 0 Å². The molecule has 5 heteroatoms. The van der Waals surface area contributed by atoms with Crippen molar-refractivity contribution in [2.45, 2.75) is 32.7 Å². The summed E-state index contributed by atoms with van der Waals surface area (Å²) in [5.74, 6) is -0.0951. The number of rotatable bonds is 3. The minimum absolute atomic E-state index is 0.00113. The molecule has 1 aromatic rings. The van der Waals surface area contributed by atoms with Crippen molar-refractivity contribution in [2.75, 3.05) is 5.88 Å². The molecule has 0 heterocycles. The Kier molecular flexibility index (Phi) is 5.28. The van der Waals surface area contributed by atoms with Crippen molar-refractivity contribution in [2.24, 2.45) is 0 Å². The van der Waals surface area contributed by atoms with Crippen molar-refractivity contribution < 1.29 is 9.90 Å². The van der Waals surface area contributed by atoms with Crippen LogP contribution in [0.1, 0.15) is 31.9 Å². The fraction of sp³-hybridized carbons (Fsp3) is 0.462. The van der Waals surface area contributed by atoms with Crippen molar-refractivity contribution in [3.63, 3.8) is 0 Å². The van der Waals surface area contributed by atoms with E-state index >= 15 is 0 Å². The number of phenols is 1. The first-order valence-electron chi connectivity index (χ1n) is 5.60. The summed E-state index contributed by atoms with van der Waals surface area (Å²) in [6.45, 7) is 6.61. The minimum Gasteiger partial charge on any atom is -0.506 e. The van der Waals surface area contributed by atoms with E-state index in [1.165, 1.54) is 0 Å². The number of carbonyl (C=O) groups excluding carboxylic acids is 1. The van der Waals surface area contributed by atoms with Gasteiger partial charge in [-0.1, -0.05) is 20.8 Å². The summed E-state index contributed by atoms with van der Waals surface area (Å²) < 4.78 is 0.787. The monoisotopic (exact) mass is 381 g/mol. The van der Waals surface area contributed by atoms with Crippen molar-refractivity contribution in [3.05, 3.63) is 26.8 Å². The number of carbonyl (C=O) groups is 1. The standard InChI is InChI=1S/C13H17ClINO2/c1-13(2,3)9-4-8(7-16-11(17)6-14)12(18)10(15)5-9/h4-5,18H,6-7H2,1-3H3,(H,16,17). The zero-order chi connectivity index (χ0) is 13.9. The van der Waals surface area contributed by atoms with Crippen LogP contribution in [0.5, 0.6) is 5.75 Å². The first-order valence-corrected chi connectivity index (χ1v) is 7.21. The van der Waals surface area contributed by atoms with Crippen molar-refractivity contribution in [1.29, 1.82) is 0 Å². The molecule has 0 aliphatic heterocycles. The van der Waals surface area contributed by atoms with E-state index in [4.69, 9.17) is 11.6 Å². The van der Waals surface area contributed by atoms with Gasteiger partial charge in [0.1, 0.15) is 11.6 Å². The van der Waals surface area contributed by atoms with Crippen LogP contribution < -0.4 is 5.32 Å². The smallest absolute Gasteiger partial charge is 0.235 e. The molecular weight excluding hydrogens is 365 g/mol. The van der Waals surface area contributed by atoms with Crippen LogP contribution in [0.2, 0.25) is 0 Å². The molecule has 3 nitrogen and oxygen atoms in total. The number of alkyl halides is 1. The summed E-state index contributed by atoms with van der Waals surface area (Å²) in [4.78, 5) is 11.1. The molecule has 0 saturated heterocycles. The topological polar surface area (TPSA) is 49.3 Å². The van der Waals surface area contributed by atoms with Crippen LogP contribution in [0.15, 0.2) is 12.1 Å². The Hall–Kier alpha value is -0.490. The SMILES string of the molecule is CC(C)(C)c1cc(I)c(O)c(CNC(=O)CCl)c1. The van der Waals surface area contributed by atoms with Gasteiger partial charge in [0.15, 0.2) is 0 Å². The Morgan fingerprint density at radius 3 is 2.56 bits per heavy atom. The van der Waals surface area contributed by atoms with Crippen LogP contribution in [-0.2, 0) is 16.8 Å². The quantitative estimate of drug-likeness (QED) is 0.624. The van der Waals surface area contributed by atoms with E-state index in [-0.39, 0.29) is 29.5 Å². The molecule has 1 aromatic carbocycles. The van der Waals surface area contributed by atoms with Gasteiger partial charge in [-0.05, 0) is 45.7 Å². The molecule has 0 unspecified atom stereocenters. The van der Waals surface area contributed by atoms with E-state index in [9.17, 15) is 9.90 Å². The molecular formula is C13H17ClINO2. The molecule has 2 N–H and O–H groups in total. The van der Waals surface area contributed by atoms with Crippen molar-refractivity contribution in [1.82, 2.24) is 5.32 Å². The molecule has 18 heavy (non-hydrogen) atoms. The third-order valence-electron chi connectivity index (χ3n) is 2.61. The predicted octanol–water partition coefficient (Wildman–Crippen LogP) is 3.15. The van der Waals surface area contributed by atoms with E-state index < -0.39 is 0 Å². The number of hydrogen-bond acceptors (Lipinski definition) is 2. The van der Waals surface area contributed by atoms with Gasteiger partial charge in [0, 0.05) is 12.1 Å². The van der Waals surface area contributed by atoms with E-state index in [0.29, 0.717) is 5.56 Å². The van der Waals surface area contributed by atoms with Gasteiger partial charge in [-0.25, -0.2) is 0 Å². The summed E-state index contributed by atoms with van der Waals surface area (Å²) in [7, 11) is 0. The van der Waals surface area contributed by atoms with Gasteiger partial charge >= 0.3 is 0 Å². The Bertz CT molecular complexity index is 455. The Balaban J connectivity index is 3.03. The molecule has 0 fully saturated rings. The molecule has 0 bridgehead atoms. The lowest BCUT2D eigenvalue weighted by atomic mass is 9.86. The number of aromatic hydroxyl groups is 1. The summed E-state index contributed by atoms with van der Waals surface area (Å²) in [6.07, 6.45) is 0. The lowest BCUT2D eigenvalue weighted by Gasteiger charge is -2.21. The molecule has 0 aliphatic carbocycles. The zero-order valence-electron chi connectivity index (χ0n) is 10.7. The molecule has 0 radical (unpaired) electrons. The van der Waals surface area contributed by atoms with Crippen molar-refractivity contribution >= 4 is 40.1 Å². The molecule has 0 spiro atoms. The lowest BCUT2D eigenvalue weighted by Crippen LogP contribution is -2.24. The van der Waals surface area contributed by atoms with E-state index in [2.05, 4.69) is 48.7 Å². The maximum atomic E-state index is 11.1. The fourth-order valence-corrected chi connectivity index (χ4v) is 2.24. The highest BCUT2D eigenvalue weighted by molar-refractivity contribution is 14.1. The second-order valence-corrected chi connectivity index (χ2v) is 6.56. The van der Waals surface area contributed by atoms with Crippen molar-refractivity contribution in [3.8, 4) is 5.75 Å². The molecule has 0 aromatic heterocycles. The van der Waals surface area contributed by atoms with Gasteiger partial charge in [0.2, 0.25) is 5.91 Å². The highest BCUT2D eigenvalue weighted by atomic mass is 127. The lowest BCUT2D eigenvalue weighted by molar-refractivity contribution is -0.118. The summed E-state index contributed by atoms with van der Waals surface area (Å²) in [5.41, 5.74) is 1.84. The molecule has 100 valence electrons. The van der Waals surface area contributed by atoms with Gasteiger partial charge in [-0.15, -0.1) is 11.6 Å². The zero-order valence-corrected chi connectivity index (χ0v) is 13.6. The maximum Gasteiger partial charge on any atom is 0.235 e. The maximum absolute atomic E-state index is 11.1. The van der Waals surface area contributed by atoms with E-state index in [1.807, 2.05) is 12.1 Å². The molecule has 1 rings (SSSR count). The van der Waals surface area contributed by atoms with Gasteiger partial charge in [-0.3, -0.25) is 4.79 Å². The van der Waals surface area contributed by atoms with Crippen LogP contribution in [-0.4, -0.2) is 16.9 Å². The molecule has 0 saturated carbocycles. The predicted molar refractivity (Wildman–Crippen MR) is 82.1 cm³/mol. The third kappa shape index (κ3) is 4.02. The number of benzene rings is 1. The summed E-state index contributed by atoms with van der Waals surface area (Å²) in [5, 5.41) is 12.6. The number of hydrogen-bond donors (Lipinski definition) is 2. The van der Waals surface area contributed by atoms with Crippen LogP contribution in [0, 0.1) is 3.57 Å². The Morgan fingerprint density at radius 2 is 2.06 bits per heavy atom. The second kappa shape index (κ2) is 6.10. The van der Waals surface area contributed by atoms with Gasteiger partial charge < -0.3 is 10.4 Å². The van der Waals surface area contributed by atoms with Crippen LogP contribution >= 0.6 is 34.2 Å².